The Morgan fingerprint density at radius 3 is 2.91 bits per heavy atom. The van der Waals surface area contributed by atoms with Crippen LogP contribution in [0.5, 0.6) is 0 Å². The summed E-state index contributed by atoms with van der Waals surface area (Å²) in [5, 5.41) is 13.5. The van der Waals surface area contributed by atoms with Gasteiger partial charge in [-0.3, -0.25) is 9.89 Å². The van der Waals surface area contributed by atoms with E-state index >= 15 is 0 Å². The molecule has 3 rings (SSSR count). The van der Waals surface area contributed by atoms with Crippen LogP contribution in [0.1, 0.15) is 47.4 Å². The summed E-state index contributed by atoms with van der Waals surface area (Å²) >= 11 is 0. The lowest BCUT2D eigenvalue weighted by molar-refractivity contribution is 0.0945. The van der Waals surface area contributed by atoms with Crippen molar-refractivity contribution >= 4 is 18.3 Å². The molecule has 1 amide bonds. The molecule has 0 spiro atoms. The van der Waals surface area contributed by atoms with E-state index in [4.69, 9.17) is 0 Å². The van der Waals surface area contributed by atoms with Gasteiger partial charge in [-0.05, 0) is 38.9 Å². The molecule has 0 aromatic carbocycles. The van der Waals surface area contributed by atoms with E-state index in [1.807, 2.05) is 0 Å². The summed E-state index contributed by atoms with van der Waals surface area (Å²) in [4.78, 5) is 14.7. The number of halogens is 1. The minimum atomic E-state index is -0.0464. The first-order valence-electron chi connectivity index (χ1n) is 8.12. The molecule has 7 heteroatoms. The highest BCUT2D eigenvalue weighted by atomic mass is 35.5. The lowest BCUT2D eigenvalue weighted by Crippen LogP contribution is -2.34. The number of hydrogen-bond acceptors (Lipinski definition) is 4. The van der Waals surface area contributed by atoms with Crippen LogP contribution in [-0.4, -0.2) is 53.7 Å². The fourth-order valence-electron chi connectivity index (χ4n) is 3.18. The van der Waals surface area contributed by atoms with Crippen LogP contribution in [0.25, 0.3) is 0 Å². The van der Waals surface area contributed by atoms with Crippen molar-refractivity contribution in [2.75, 3.05) is 32.7 Å². The first-order chi connectivity index (χ1) is 10.3. The first kappa shape index (κ1) is 17.2. The average molecular weight is 328 g/mol. The molecule has 0 bridgehead atoms. The number of nitrogens with one attached hydrogen (secondary N) is 3. The minimum absolute atomic E-state index is 0. The van der Waals surface area contributed by atoms with Crippen molar-refractivity contribution < 1.29 is 4.79 Å². The zero-order chi connectivity index (χ0) is 14.5. The topological polar surface area (TPSA) is 73.0 Å². The van der Waals surface area contributed by atoms with E-state index in [-0.39, 0.29) is 18.3 Å². The third-order valence-corrected chi connectivity index (χ3v) is 4.41. The number of piperidine rings is 1. The van der Waals surface area contributed by atoms with Gasteiger partial charge in [-0.15, -0.1) is 12.4 Å². The van der Waals surface area contributed by atoms with Crippen molar-refractivity contribution in [2.45, 2.75) is 38.6 Å². The van der Waals surface area contributed by atoms with Crippen LogP contribution in [0.15, 0.2) is 0 Å². The van der Waals surface area contributed by atoms with E-state index in [2.05, 4.69) is 25.7 Å². The van der Waals surface area contributed by atoms with Crippen LogP contribution < -0.4 is 10.6 Å². The smallest absolute Gasteiger partial charge is 0.272 e. The Bertz CT molecular complexity index is 484. The van der Waals surface area contributed by atoms with Crippen molar-refractivity contribution in [2.24, 2.45) is 0 Å². The highest BCUT2D eigenvalue weighted by Crippen LogP contribution is 2.15. The zero-order valence-corrected chi connectivity index (χ0v) is 13.8. The average Bonchev–Trinajstić information content (AvgIpc) is 2.96. The summed E-state index contributed by atoms with van der Waals surface area (Å²) in [6, 6.07) is 0. The van der Waals surface area contributed by atoms with Crippen LogP contribution in [0, 0.1) is 0 Å². The van der Waals surface area contributed by atoms with Gasteiger partial charge in [0, 0.05) is 37.3 Å². The summed E-state index contributed by atoms with van der Waals surface area (Å²) in [6.07, 6.45) is 5.93. The van der Waals surface area contributed by atoms with Crippen LogP contribution in [0.4, 0.5) is 0 Å². The van der Waals surface area contributed by atoms with Gasteiger partial charge in [0.15, 0.2) is 5.69 Å². The summed E-state index contributed by atoms with van der Waals surface area (Å²) in [5.74, 6) is -0.0464. The number of rotatable bonds is 5. The maximum atomic E-state index is 12.2. The molecule has 1 aromatic heterocycles. The first-order valence-corrected chi connectivity index (χ1v) is 8.12. The number of H-pyrrole nitrogens is 1. The zero-order valence-electron chi connectivity index (χ0n) is 13.0. The van der Waals surface area contributed by atoms with E-state index in [0.29, 0.717) is 5.69 Å². The number of hydrogen-bond donors (Lipinski definition) is 3. The van der Waals surface area contributed by atoms with Crippen LogP contribution in [-0.2, 0) is 13.0 Å². The van der Waals surface area contributed by atoms with Crippen molar-refractivity contribution in [3.8, 4) is 0 Å². The summed E-state index contributed by atoms with van der Waals surface area (Å²) in [6.45, 7) is 5.93. The maximum absolute atomic E-state index is 12.2. The summed E-state index contributed by atoms with van der Waals surface area (Å²) in [5.41, 5.74) is 2.71. The standard InChI is InChI=1S/C15H25N5O.ClH/c21-15(14-12-11-16-7-5-13(12)18-19-14)17-6-4-10-20-8-2-1-3-9-20;/h16H,1-11H2,(H,17,21)(H,18,19);1H. The number of likely N-dealkylation sites (tertiary alicyclic amines) is 1. The Balaban J connectivity index is 0.00000176. The number of carbonyl (C=O) groups excluding carboxylic acids is 1. The Kier molecular flexibility index (Phi) is 6.67. The molecule has 1 fully saturated rings. The SMILES string of the molecule is Cl.O=C(NCCCN1CCCCC1)c1n[nH]c2c1CNCC2. The molecule has 0 radical (unpaired) electrons. The van der Waals surface area contributed by atoms with Crippen molar-refractivity contribution in [3.05, 3.63) is 17.0 Å². The van der Waals surface area contributed by atoms with Gasteiger partial charge in [0.05, 0.1) is 0 Å². The molecular formula is C15H26ClN5O. The predicted octanol–water partition coefficient (Wildman–Crippen LogP) is 1.08. The summed E-state index contributed by atoms with van der Waals surface area (Å²) in [7, 11) is 0. The molecule has 0 atom stereocenters. The molecule has 0 unspecified atom stereocenters. The van der Waals surface area contributed by atoms with E-state index < -0.39 is 0 Å². The van der Waals surface area contributed by atoms with E-state index in [1.54, 1.807) is 0 Å². The molecular weight excluding hydrogens is 302 g/mol. The third-order valence-electron chi connectivity index (χ3n) is 4.41. The van der Waals surface area contributed by atoms with Gasteiger partial charge in [-0.1, -0.05) is 6.42 Å². The number of aromatic nitrogens is 2. The number of amides is 1. The number of aromatic amines is 1. The summed E-state index contributed by atoms with van der Waals surface area (Å²) < 4.78 is 0. The van der Waals surface area contributed by atoms with Crippen molar-refractivity contribution in [1.82, 2.24) is 25.7 Å². The Hall–Kier alpha value is -1.11. The Morgan fingerprint density at radius 2 is 2.09 bits per heavy atom. The second-order valence-corrected chi connectivity index (χ2v) is 5.97. The van der Waals surface area contributed by atoms with Gasteiger partial charge in [-0.25, -0.2) is 0 Å². The molecule has 1 saturated heterocycles. The highest BCUT2D eigenvalue weighted by molar-refractivity contribution is 5.94. The molecule has 2 aliphatic heterocycles. The molecule has 1 aromatic rings. The molecule has 3 N–H and O–H groups in total. The molecule has 124 valence electrons. The second kappa shape index (κ2) is 8.50. The van der Waals surface area contributed by atoms with Crippen LogP contribution in [0.2, 0.25) is 0 Å². The molecule has 6 nitrogen and oxygen atoms in total. The monoisotopic (exact) mass is 327 g/mol. The van der Waals surface area contributed by atoms with E-state index in [0.717, 1.165) is 50.3 Å². The largest absolute Gasteiger partial charge is 0.351 e. The van der Waals surface area contributed by atoms with Gasteiger partial charge in [-0.2, -0.15) is 5.10 Å². The predicted molar refractivity (Wildman–Crippen MR) is 88.5 cm³/mol. The Labute approximate surface area is 137 Å². The minimum Gasteiger partial charge on any atom is -0.351 e. The van der Waals surface area contributed by atoms with Crippen LogP contribution >= 0.6 is 12.4 Å². The molecule has 0 aliphatic carbocycles. The maximum Gasteiger partial charge on any atom is 0.272 e. The van der Waals surface area contributed by atoms with Crippen LogP contribution in [0.3, 0.4) is 0 Å². The van der Waals surface area contributed by atoms with Crippen molar-refractivity contribution in [1.29, 1.82) is 0 Å². The fraction of sp³-hybridized carbons (Fsp3) is 0.733. The number of fused-ring (bicyclic) bond motifs is 1. The van der Waals surface area contributed by atoms with Crippen molar-refractivity contribution in [3.63, 3.8) is 0 Å². The quantitative estimate of drug-likeness (QED) is 0.708. The second-order valence-electron chi connectivity index (χ2n) is 5.97. The number of nitrogens with zero attached hydrogens (tertiary/aromatic N) is 2. The molecule has 22 heavy (non-hydrogen) atoms. The fourth-order valence-corrected chi connectivity index (χ4v) is 3.18. The molecule has 3 heterocycles. The normalized spacial score (nSPS) is 18.4. The van der Waals surface area contributed by atoms with Gasteiger partial charge >= 0.3 is 0 Å². The lowest BCUT2D eigenvalue weighted by atomic mass is 10.1. The van der Waals surface area contributed by atoms with Gasteiger partial charge in [0.1, 0.15) is 0 Å². The van der Waals surface area contributed by atoms with Gasteiger partial charge in [0.2, 0.25) is 0 Å². The number of carbonyl (C=O) groups is 1. The third kappa shape index (κ3) is 4.21. The highest BCUT2D eigenvalue weighted by Gasteiger charge is 2.21. The van der Waals surface area contributed by atoms with Gasteiger partial charge in [0.25, 0.3) is 5.91 Å². The lowest BCUT2D eigenvalue weighted by Gasteiger charge is -2.26. The van der Waals surface area contributed by atoms with Gasteiger partial charge < -0.3 is 15.5 Å². The Morgan fingerprint density at radius 1 is 1.27 bits per heavy atom. The van der Waals surface area contributed by atoms with E-state index in [1.165, 1.54) is 32.4 Å². The van der Waals surface area contributed by atoms with E-state index in [9.17, 15) is 4.79 Å². The molecule has 0 saturated carbocycles. The molecule has 2 aliphatic rings.